The molecule has 0 saturated carbocycles. The quantitative estimate of drug-likeness (QED) is 0.469. The number of ether oxygens (including phenoxy) is 1. The summed E-state index contributed by atoms with van der Waals surface area (Å²) in [4.78, 5) is 20.2. The molecule has 0 atom stereocenters. The van der Waals surface area contributed by atoms with E-state index in [-0.39, 0.29) is 34.4 Å². The van der Waals surface area contributed by atoms with Crippen molar-refractivity contribution in [3.8, 4) is 5.75 Å². The second-order valence-corrected chi connectivity index (χ2v) is 3.05. The molecule has 6 heteroatoms. The second-order valence-electron chi connectivity index (χ2n) is 3.05. The van der Waals surface area contributed by atoms with Crippen LogP contribution in [0.3, 0.4) is 0 Å². The van der Waals surface area contributed by atoms with Gasteiger partial charge in [-0.3, -0.25) is 0 Å². The molecule has 0 aromatic heterocycles. The molecule has 5 nitrogen and oxygen atoms in total. The van der Waals surface area contributed by atoms with Crippen LogP contribution in [0.4, 0.5) is 0 Å². The number of carboxylic acid groups (broad SMARTS) is 1. The first-order valence-corrected chi connectivity index (χ1v) is 4.65. The summed E-state index contributed by atoms with van der Waals surface area (Å²) < 4.78 is 4.14. The lowest BCUT2D eigenvalue weighted by Gasteiger charge is -1.98. The van der Waals surface area contributed by atoms with E-state index in [0.29, 0.717) is 0 Å². The van der Waals surface area contributed by atoms with Crippen molar-refractivity contribution in [3.05, 3.63) is 42.0 Å². The highest BCUT2D eigenvalue weighted by molar-refractivity contribution is 5.90. The van der Waals surface area contributed by atoms with E-state index in [0.717, 1.165) is 11.6 Å². The van der Waals surface area contributed by atoms with Gasteiger partial charge < -0.3 is 14.9 Å². The molecular weight excluding hydrogens is 248 g/mol. The number of aromatic hydroxyl groups is 1. The highest BCUT2D eigenvalue weighted by atomic mass is 24.3. The summed E-state index contributed by atoms with van der Waals surface area (Å²) in [5, 5.41) is 17.6. The van der Waals surface area contributed by atoms with Crippen molar-refractivity contribution in [1.29, 1.82) is 0 Å². The topological polar surface area (TPSA) is 83.8 Å². The molecule has 0 amide bonds. The lowest BCUT2D eigenvalue weighted by Crippen LogP contribution is -1.96. The van der Waals surface area contributed by atoms with E-state index in [1.807, 2.05) is 0 Å². The molecule has 0 aliphatic rings. The number of esters is 1. The molecule has 18 heavy (non-hydrogen) atoms. The third-order valence-corrected chi connectivity index (χ3v) is 1.75. The monoisotopic (exact) mass is 264 g/mol. The van der Waals surface area contributed by atoms with Crippen LogP contribution in [-0.2, 0) is 9.53 Å². The maximum atomic E-state index is 10.4. The molecule has 0 bridgehead atoms. The number of rotatable bonds is 2. The van der Waals surface area contributed by atoms with Crippen LogP contribution in [0, 0.1) is 6.92 Å². The van der Waals surface area contributed by atoms with Crippen LogP contribution >= 0.6 is 0 Å². The van der Waals surface area contributed by atoms with E-state index in [9.17, 15) is 9.59 Å². The number of hydrogen-bond acceptors (Lipinski definition) is 4. The largest absolute Gasteiger partial charge is 0.507 e. The zero-order chi connectivity index (χ0) is 13.4. The average Bonchev–Trinajstić information content (AvgIpc) is 2.28. The molecule has 2 N–H and O–H groups in total. The molecular formula is C12H16MgO5. The standard InChI is InChI=1S/C8H8O3.C4H6O2.Mg.2H/c1-5-2-3-6(8(10)11)7(9)4-5;1-3-4(5)6-2;;;/h2-4,9H,1H3,(H,10,11);3H,1H2,2H3;;;. The Hall–Kier alpha value is -1.53. The number of carbonyl (C=O) groups excluding carboxylic acids is 1. The zero-order valence-electron chi connectivity index (χ0n) is 9.64. The summed E-state index contributed by atoms with van der Waals surface area (Å²) in [6.45, 7) is 4.94. The maximum Gasteiger partial charge on any atom is 0.339 e. The number of methoxy groups -OCH3 is 1. The molecule has 0 aliphatic heterocycles. The van der Waals surface area contributed by atoms with Gasteiger partial charge >= 0.3 is 35.0 Å². The predicted molar refractivity (Wildman–Crippen MR) is 70.6 cm³/mol. The Morgan fingerprint density at radius 2 is 1.94 bits per heavy atom. The van der Waals surface area contributed by atoms with Gasteiger partial charge in [-0.2, -0.15) is 0 Å². The van der Waals surface area contributed by atoms with E-state index in [2.05, 4.69) is 11.3 Å². The third kappa shape index (κ3) is 6.92. The Morgan fingerprint density at radius 1 is 1.39 bits per heavy atom. The van der Waals surface area contributed by atoms with Crippen molar-refractivity contribution in [2.45, 2.75) is 6.92 Å². The van der Waals surface area contributed by atoms with Crippen molar-refractivity contribution in [3.63, 3.8) is 0 Å². The zero-order valence-corrected chi connectivity index (χ0v) is 9.64. The molecule has 0 unspecified atom stereocenters. The van der Waals surface area contributed by atoms with E-state index in [4.69, 9.17) is 10.2 Å². The van der Waals surface area contributed by atoms with Gasteiger partial charge in [-0.25, -0.2) is 9.59 Å². The molecule has 0 radical (unpaired) electrons. The first-order valence-electron chi connectivity index (χ1n) is 4.65. The number of hydrogen-bond donors (Lipinski definition) is 2. The Labute approximate surface area is 121 Å². The van der Waals surface area contributed by atoms with Crippen LogP contribution in [0.1, 0.15) is 15.9 Å². The van der Waals surface area contributed by atoms with Gasteiger partial charge in [0.1, 0.15) is 11.3 Å². The molecule has 1 aromatic carbocycles. The summed E-state index contributed by atoms with van der Waals surface area (Å²) in [6, 6.07) is 4.44. The van der Waals surface area contributed by atoms with Crippen molar-refractivity contribution in [2.75, 3.05) is 7.11 Å². The fourth-order valence-electron chi connectivity index (χ4n) is 0.906. The number of phenols is 1. The van der Waals surface area contributed by atoms with Crippen LogP contribution in [0.2, 0.25) is 0 Å². The average molecular weight is 265 g/mol. The normalized spacial score (nSPS) is 8.11. The summed E-state index contributed by atoms with van der Waals surface area (Å²) in [5.74, 6) is -1.69. The smallest absolute Gasteiger partial charge is 0.339 e. The highest BCUT2D eigenvalue weighted by Gasteiger charge is 2.07. The Bertz CT molecular complexity index is 428. The lowest BCUT2D eigenvalue weighted by molar-refractivity contribution is -0.134. The van der Waals surface area contributed by atoms with Crippen molar-refractivity contribution < 1.29 is 24.5 Å². The maximum absolute atomic E-state index is 10.4. The van der Waals surface area contributed by atoms with Crippen LogP contribution in [0.25, 0.3) is 0 Å². The molecule has 96 valence electrons. The highest BCUT2D eigenvalue weighted by Crippen LogP contribution is 2.17. The van der Waals surface area contributed by atoms with Crippen molar-refractivity contribution in [2.24, 2.45) is 0 Å². The molecule has 1 aromatic rings. The van der Waals surface area contributed by atoms with Gasteiger partial charge in [-0.05, 0) is 24.6 Å². The van der Waals surface area contributed by atoms with Gasteiger partial charge in [-0.1, -0.05) is 12.6 Å². The second kappa shape index (κ2) is 9.49. The van der Waals surface area contributed by atoms with E-state index < -0.39 is 11.9 Å². The molecule has 0 fully saturated rings. The van der Waals surface area contributed by atoms with E-state index in [1.54, 1.807) is 13.0 Å². The fraction of sp³-hybridized carbons (Fsp3) is 0.167. The SMILES string of the molecule is C=CC(=O)OC.Cc1ccc(C(=O)O)c(O)c1.[MgH2]. The van der Waals surface area contributed by atoms with Gasteiger partial charge in [0.25, 0.3) is 0 Å². The van der Waals surface area contributed by atoms with Gasteiger partial charge in [0.15, 0.2) is 0 Å². The van der Waals surface area contributed by atoms with Gasteiger partial charge in [0.05, 0.1) is 7.11 Å². The molecule has 0 saturated heterocycles. The first-order chi connectivity index (χ1) is 7.92. The Morgan fingerprint density at radius 3 is 2.22 bits per heavy atom. The Kier molecular flexibility index (Phi) is 9.92. The van der Waals surface area contributed by atoms with Crippen LogP contribution in [-0.4, -0.2) is 52.3 Å². The van der Waals surface area contributed by atoms with Gasteiger partial charge in [0, 0.05) is 6.08 Å². The fourth-order valence-corrected chi connectivity index (χ4v) is 0.906. The number of aryl methyl sites for hydroxylation is 1. The number of carboxylic acids is 1. The lowest BCUT2D eigenvalue weighted by atomic mass is 10.1. The third-order valence-electron chi connectivity index (χ3n) is 1.75. The summed E-state index contributed by atoms with van der Waals surface area (Å²) in [7, 11) is 1.31. The molecule has 1 rings (SSSR count). The number of carbonyl (C=O) groups is 2. The number of aromatic carboxylic acids is 1. The minimum atomic E-state index is -1.11. The predicted octanol–water partition coefficient (Wildman–Crippen LogP) is 0.828. The minimum Gasteiger partial charge on any atom is -0.507 e. The van der Waals surface area contributed by atoms with Crippen molar-refractivity contribution >= 4 is 35.0 Å². The molecule has 0 heterocycles. The summed E-state index contributed by atoms with van der Waals surface area (Å²) >= 11 is 0. The number of benzene rings is 1. The Balaban J connectivity index is 0. The van der Waals surface area contributed by atoms with Crippen LogP contribution in [0.5, 0.6) is 5.75 Å². The van der Waals surface area contributed by atoms with E-state index >= 15 is 0 Å². The molecule has 0 spiro atoms. The van der Waals surface area contributed by atoms with E-state index in [1.165, 1.54) is 19.2 Å². The minimum absolute atomic E-state index is 0. The first kappa shape index (κ1) is 18.8. The summed E-state index contributed by atoms with van der Waals surface area (Å²) in [5.41, 5.74) is 0.781. The van der Waals surface area contributed by atoms with Gasteiger partial charge in [0.2, 0.25) is 0 Å². The van der Waals surface area contributed by atoms with Crippen LogP contribution < -0.4 is 0 Å². The molecule has 0 aliphatic carbocycles. The van der Waals surface area contributed by atoms with Crippen molar-refractivity contribution in [1.82, 2.24) is 0 Å². The summed E-state index contributed by atoms with van der Waals surface area (Å²) in [6.07, 6.45) is 1.11. The van der Waals surface area contributed by atoms with Gasteiger partial charge in [-0.15, -0.1) is 0 Å². The van der Waals surface area contributed by atoms with Crippen LogP contribution in [0.15, 0.2) is 30.9 Å².